The Morgan fingerprint density at radius 1 is 0.383 bits per heavy atom. The summed E-state index contributed by atoms with van der Waals surface area (Å²) < 4.78 is 17.3. The Morgan fingerprint density at radius 2 is 0.720 bits per heavy atom. The minimum Gasteiger partial charge on any atom is -0.493 e. The lowest BCUT2D eigenvalue weighted by molar-refractivity contribution is 0.281. The molecular formula is C89H132ClN13O3Si. The first-order chi connectivity index (χ1) is 48.0. The van der Waals surface area contributed by atoms with Gasteiger partial charge in [0, 0.05) is 74.2 Å². The van der Waals surface area contributed by atoms with E-state index in [2.05, 4.69) is 243 Å². The monoisotopic (exact) mass is 1490 g/mol. The number of hydrogen-bond acceptors (Lipinski definition) is 10. The summed E-state index contributed by atoms with van der Waals surface area (Å²) in [5.41, 5.74) is 25.1. The van der Waals surface area contributed by atoms with E-state index in [1.807, 2.05) is 113 Å². The highest BCUT2D eigenvalue weighted by atomic mass is 35.5. The summed E-state index contributed by atoms with van der Waals surface area (Å²) in [6.45, 7) is 44.8. The van der Waals surface area contributed by atoms with Crippen molar-refractivity contribution in [2.75, 3.05) is 7.11 Å². The fraction of sp³-hybridized carbons (Fsp3) is 0.404. The van der Waals surface area contributed by atoms with Crippen LogP contribution in [0, 0.1) is 62.3 Å². The molecule has 2 N–H and O–H groups in total. The standard InChI is InChI=1S/C14H17ClN2O.C14H18N2O.C14H20N2Si.2C14H18N2.C13H17N3O.6CH4/c1-9(2)11-4-5-13(12(6-11)7-18)17-8-16-10(3)14(17)15;1-10(2)12-4-5-14(13(6-12)8-17)16-7-11(3)15-9-16;1-11-5-6-14(13(7-11)9-17(3)4)16-8-12(2)15-10-16;2*1-10(2)13-5-6-14(11(3)7-13)16-8-12(4)15-9-16;1-9(2)11-5-12(17-4)13(14-6-11)16-7-10(3)15-8-16;;;;;;/h4-6,8-9,18H,7H2,1-3H3;4-7,9-10,17H,8H2,1-3H3;5-8,10,17H,9H2,1-4H3;2*5-10H,1-4H3;5-9H,1-4H3;6*1H4. The van der Waals surface area contributed by atoms with Crippen LogP contribution in [0.4, 0.5) is 0 Å². The average molecular weight is 1500 g/mol. The van der Waals surface area contributed by atoms with Gasteiger partial charge in [0.25, 0.3) is 0 Å². The molecule has 16 nitrogen and oxygen atoms in total. The number of rotatable bonds is 16. The van der Waals surface area contributed by atoms with Gasteiger partial charge in [-0.25, -0.2) is 34.9 Å². The van der Waals surface area contributed by atoms with Crippen LogP contribution in [0.2, 0.25) is 18.2 Å². The number of aromatic nitrogens is 13. The number of aryl methyl sites for hydroxylation is 9. The van der Waals surface area contributed by atoms with Gasteiger partial charge in [-0.2, -0.15) is 0 Å². The van der Waals surface area contributed by atoms with E-state index in [-0.39, 0.29) is 57.8 Å². The van der Waals surface area contributed by atoms with E-state index in [9.17, 15) is 10.2 Å². The molecule has 0 saturated carbocycles. The van der Waals surface area contributed by atoms with Gasteiger partial charge >= 0.3 is 0 Å². The predicted molar refractivity (Wildman–Crippen MR) is 459 cm³/mol. The number of imidazole rings is 6. The molecule has 0 bridgehead atoms. The number of pyridine rings is 1. The van der Waals surface area contributed by atoms with Crippen molar-refractivity contribution in [3.8, 4) is 40.0 Å². The number of ether oxygens (including phenoxy) is 1. The maximum atomic E-state index is 9.51. The van der Waals surface area contributed by atoms with Gasteiger partial charge in [0.15, 0.2) is 11.6 Å². The molecule has 5 aromatic carbocycles. The van der Waals surface area contributed by atoms with Gasteiger partial charge in [0.2, 0.25) is 0 Å². The third-order valence-corrected chi connectivity index (χ3v) is 19.0. The van der Waals surface area contributed by atoms with Crippen LogP contribution in [0.15, 0.2) is 172 Å². The zero-order chi connectivity index (χ0) is 73.9. The first kappa shape index (κ1) is 95.7. The lowest BCUT2D eigenvalue weighted by atomic mass is 10.00. The number of methoxy groups -OCH3 is 1. The van der Waals surface area contributed by atoms with E-state index in [0.717, 1.165) is 68.2 Å². The summed E-state index contributed by atoms with van der Waals surface area (Å²) in [4.78, 5) is 29.8. The summed E-state index contributed by atoms with van der Waals surface area (Å²) >= 11 is 6.19. The van der Waals surface area contributed by atoms with E-state index in [0.29, 0.717) is 34.7 Å². The summed E-state index contributed by atoms with van der Waals surface area (Å²) in [5, 5.41) is 19.6. The fourth-order valence-corrected chi connectivity index (χ4v) is 12.7. The number of hydrogen-bond donors (Lipinski definition) is 2. The lowest BCUT2D eigenvalue weighted by Gasteiger charge is -2.13. The second kappa shape index (κ2) is 44.8. The highest BCUT2D eigenvalue weighted by molar-refractivity contribution is 6.55. The first-order valence-corrected chi connectivity index (χ1v) is 38.6. The van der Waals surface area contributed by atoms with Crippen molar-refractivity contribution in [1.82, 2.24) is 62.3 Å². The maximum absolute atomic E-state index is 9.51. The van der Waals surface area contributed by atoms with Crippen LogP contribution in [0.3, 0.4) is 0 Å². The maximum Gasteiger partial charge on any atom is 0.180 e. The molecular weight excluding hydrogens is 1360 g/mol. The van der Waals surface area contributed by atoms with Crippen LogP contribution in [0.25, 0.3) is 34.3 Å². The zero-order valence-electron chi connectivity index (χ0n) is 63.7. The molecule has 0 amide bonds. The summed E-state index contributed by atoms with van der Waals surface area (Å²) in [7, 11) is 1.06. The van der Waals surface area contributed by atoms with Crippen molar-refractivity contribution in [1.29, 1.82) is 0 Å². The second-order valence-electron chi connectivity index (χ2n) is 28.1. The lowest BCUT2D eigenvalue weighted by Crippen LogP contribution is -2.09. The molecule has 582 valence electrons. The number of aliphatic hydroxyl groups is 2. The number of benzene rings is 5. The van der Waals surface area contributed by atoms with Crippen LogP contribution >= 0.6 is 11.6 Å². The van der Waals surface area contributed by atoms with Gasteiger partial charge in [0.1, 0.15) is 17.8 Å². The van der Waals surface area contributed by atoms with Gasteiger partial charge in [-0.15, -0.1) is 0 Å². The van der Waals surface area contributed by atoms with Gasteiger partial charge in [0.05, 0.1) is 91.2 Å². The Hall–Kier alpha value is -9.26. The van der Waals surface area contributed by atoms with Crippen molar-refractivity contribution in [3.63, 3.8) is 0 Å². The van der Waals surface area contributed by atoms with Gasteiger partial charge in [-0.3, -0.25) is 9.13 Å². The molecule has 12 aromatic rings. The smallest absolute Gasteiger partial charge is 0.180 e. The van der Waals surface area contributed by atoms with Gasteiger partial charge in [-0.1, -0.05) is 205 Å². The molecule has 0 aliphatic rings. The summed E-state index contributed by atoms with van der Waals surface area (Å²) in [5.74, 6) is 4.05. The number of nitrogens with zero attached hydrogens (tertiary/aromatic N) is 13. The zero-order valence-corrected chi connectivity index (χ0v) is 65.7. The molecule has 0 atom stereocenters. The third-order valence-electron chi connectivity index (χ3n) is 17.3. The Bertz CT molecular complexity index is 4410. The quantitative estimate of drug-likeness (QED) is 0.0888. The molecule has 7 heterocycles. The summed E-state index contributed by atoms with van der Waals surface area (Å²) in [6, 6.07) is 35.5. The van der Waals surface area contributed by atoms with Crippen LogP contribution in [-0.4, -0.2) is 88.4 Å². The minimum absolute atomic E-state index is 0. The molecule has 0 unspecified atom stereocenters. The molecule has 0 saturated heterocycles. The first-order valence-electron chi connectivity index (χ1n) is 35.1. The highest BCUT2D eigenvalue weighted by Crippen LogP contribution is 2.30. The van der Waals surface area contributed by atoms with Gasteiger partial charge < -0.3 is 33.2 Å². The number of halogens is 1. The van der Waals surface area contributed by atoms with Crippen molar-refractivity contribution in [2.24, 2.45) is 0 Å². The predicted octanol–water partition coefficient (Wildman–Crippen LogP) is 23.1. The van der Waals surface area contributed by atoms with Crippen LogP contribution < -0.4 is 4.74 Å². The normalized spacial score (nSPS) is 10.5. The minimum atomic E-state index is -0.596. The number of aliphatic hydroxyl groups excluding tert-OH is 2. The van der Waals surface area contributed by atoms with Gasteiger partial charge in [-0.05, 0) is 179 Å². The Balaban J connectivity index is 0.000000635. The highest BCUT2D eigenvalue weighted by Gasteiger charge is 2.16. The molecule has 107 heavy (non-hydrogen) atoms. The van der Waals surface area contributed by atoms with Crippen molar-refractivity contribution in [2.45, 2.75) is 238 Å². The van der Waals surface area contributed by atoms with E-state index in [4.69, 9.17) is 16.3 Å². The summed E-state index contributed by atoms with van der Waals surface area (Å²) in [6.07, 6.45) is 22.8. The third kappa shape index (κ3) is 26.6. The molecule has 18 heteroatoms. The van der Waals surface area contributed by atoms with Crippen LogP contribution in [0.5, 0.6) is 5.75 Å². The fourth-order valence-electron chi connectivity index (χ4n) is 11.3. The molecule has 0 aliphatic carbocycles. The molecule has 0 fully saturated rings. The largest absolute Gasteiger partial charge is 0.493 e. The average Bonchev–Trinajstić information content (AvgIpc) is 1.74. The molecule has 0 spiro atoms. The molecule has 12 rings (SSSR count). The van der Waals surface area contributed by atoms with Crippen LogP contribution in [0.1, 0.15) is 239 Å². The molecule has 7 aromatic heterocycles. The van der Waals surface area contributed by atoms with E-state index in [1.165, 1.54) is 73.2 Å². The Morgan fingerprint density at radius 3 is 1.05 bits per heavy atom. The topological polar surface area (TPSA) is 169 Å². The van der Waals surface area contributed by atoms with Crippen molar-refractivity contribution < 1.29 is 14.9 Å². The molecule has 0 aliphatic heterocycles. The van der Waals surface area contributed by atoms with E-state index >= 15 is 0 Å². The van der Waals surface area contributed by atoms with Crippen molar-refractivity contribution in [3.05, 3.63) is 273 Å². The van der Waals surface area contributed by atoms with E-state index < -0.39 is 8.80 Å². The van der Waals surface area contributed by atoms with Crippen LogP contribution in [-0.2, 0) is 19.3 Å². The second-order valence-corrected chi connectivity index (χ2v) is 31.6. The molecule has 0 radical (unpaired) electrons. The Labute approximate surface area is 651 Å². The Kier molecular flexibility index (Phi) is 40.1. The SMILES string of the molecule is C.C.C.C.C.C.COc1cc(C(C)C)cnc1-n1cnc(C)c1.Cc1ccc(-n2cnc(C)c2)c(C[SiH](C)C)c1.Cc1cn(-c2ccc(C(C)C)cc2C)cn1.Cc1cn(-c2ccc(C(C)C)cc2C)cn1.Cc1cn(-c2ccc(C(C)C)cc2CO)cn1.Cc1ncn(-c2ccc(C(C)C)cc2CO)c1Cl. The van der Waals surface area contributed by atoms with Crippen molar-refractivity contribution >= 4 is 20.4 Å². The van der Waals surface area contributed by atoms with E-state index in [1.54, 1.807) is 30.7 Å².